The van der Waals surface area contributed by atoms with E-state index in [1.54, 1.807) is 6.07 Å². The lowest BCUT2D eigenvalue weighted by Gasteiger charge is -2.12. The Morgan fingerprint density at radius 1 is 0.920 bits per heavy atom. The van der Waals surface area contributed by atoms with Gasteiger partial charge in [-0.1, -0.05) is 54.6 Å². The molecule has 0 aliphatic rings. The Bertz CT molecular complexity index is 1080. The number of para-hydroxylation sites is 1. The molecular weight excluding hydrogens is 312 g/mol. The standard InChI is InChI=1S/C21H16N2O2/c22-21(24)19-12-20(17-10-3-4-11-18(17)23-19)25-13-15-8-5-7-14-6-1-2-9-16(14)15/h1-12H,13H2,(H2,22,24). The molecule has 0 spiro atoms. The number of ether oxygens (including phenoxy) is 1. The highest BCUT2D eigenvalue weighted by molar-refractivity contribution is 5.96. The van der Waals surface area contributed by atoms with Gasteiger partial charge in [0.15, 0.2) is 0 Å². The first-order valence-electron chi connectivity index (χ1n) is 8.01. The van der Waals surface area contributed by atoms with Crippen LogP contribution in [0.5, 0.6) is 5.75 Å². The highest BCUT2D eigenvalue weighted by atomic mass is 16.5. The van der Waals surface area contributed by atoms with E-state index in [4.69, 9.17) is 10.5 Å². The van der Waals surface area contributed by atoms with Crippen molar-refractivity contribution in [3.05, 3.63) is 84.1 Å². The Hall–Kier alpha value is -3.40. The van der Waals surface area contributed by atoms with Gasteiger partial charge >= 0.3 is 0 Å². The van der Waals surface area contributed by atoms with E-state index < -0.39 is 5.91 Å². The summed E-state index contributed by atoms with van der Waals surface area (Å²) in [5.41, 5.74) is 7.37. The highest BCUT2D eigenvalue weighted by Gasteiger charge is 2.11. The van der Waals surface area contributed by atoms with Crippen LogP contribution in [0.25, 0.3) is 21.7 Å². The Kier molecular flexibility index (Phi) is 3.78. The third kappa shape index (κ3) is 2.90. The van der Waals surface area contributed by atoms with Crippen molar-refractivity contribution in [3.63, 3.8) is 0 Å². The minimum Gasteiger partial charge on any atom is -0.488 e. The van der Waals surface area contributed by atoms with Crippen molar-refractivity contribution in [2.75, 3.05) is 0 Å². The van der Waals surface area contributed by atoms with E-state index in [1.165, 1.54) is 5.39 Å². The molecule has 25 heavy (non-hydrogen) atoms. The number of nitrogens with two attached hydrogens (primary N) is 1. The molecule has 122 valence electrons. The lowest BCUT2D eigenvalue weighted by atomic mass is 10.1. The van der Waals surface area contributed by atoms with Crippen LogP contribution in [-0.4, -0.2) is 10.9 Å². The van der Waals surface area contributed by atoms with Crippen LogP contribution in [0.1, 0.15) is 16.1 Å². The normalized spacial score (nSPS) is 10.9. The molecule has 0 saturated carbocycles. The number of primary amides is 1. The average molecular weight is 328 g/mol. The Morgan fingerprint density at radius 2 is 1.64 bits per heavy atom. The number of carbonyl (C=O) groups is 1. The van der Waals surface area contributed by atoms with Gasteiger partial charge in [-0.2, -0.15) is 0 Å². The third-order valence-corrected chi connectivity index (χ3v) is 4.19. The summed E-state index contributed by atoms with van der Waals surface area (Å²) in [5.74, 6) is 0.0353. The summed E-state index contributed by atoms with van der Waals surface area (Å²) >= 11 is 0. The first-order chi connectivity index (χ1) is 12.2. The van der Waals surface area contributed by atoms with E-state index in [1.807, 2.05) is 48.5 Å². The second-order valence-corrected chi connectivity index (χ2v) is 5.81. The van der Waals surface area contributed by atoms with E-state index in [-0.39, 0.29) is 5.69 Å². The van der Waals surface area contributed by atoms with Crippen LogP contribution in [0.3, 0.4) is 0 Å². The van der Waals surface area contributed by atoms with Crippen LogP contribution >= 0.6 is 0 Å². The fourth-order valence-corrected chi connectivity index (χ4v) is 2.96. The van der Waals surface area contributed by atoms with Gasteiger partial charge in [-0.3, -0.25) is 4.79 Å². The van der Waals surface area contributed by atoms with E-state index in [0.717, 1.165) is 16.3 Å². The number of hydrogen-bond donors (Lipinski definition) is 1. The molecule has 1 amide bonds. The number of pyridine rings is 1. The molecule has 0 fully saturated rings. The number of fused-ring (bicyclic) bond motifs is 2. The Morgan fingerprint density at radius 3 is 2.48 bits per heavy atom. The predicted octanol–water partition coefficient (Wildman–Crippen LogP) is 4.07. The summed E-state index contributed by atoms with van der Waals surface area (Å²) < 4.78 is 6.06. The molecule has 0 unspecified atom stereocenters. The fourth-order valence-electron chi connectivity index (χ4n) is 2.96. The first kappa shape index (κ1) is 15.1. The van der Waals surface area contributed by atoms with Crippen molar-refractivity contribution in [2.45, 2.75) is 6.61 Å². The van der Waals surface area contributed by atoms with E-state index in [2.05, 4.69) is 23.2 Å². The molecule has 1 aromatic heterocycles. The number of amides is 1. The van der Waals surface area contributed by atoms with Crippen molar-refractivity contribution in [1.82, 2.24) is 4.98 Å². The number of hydrogen-bond acceptors (Lipinski definition) is 3. The summed E-state index contributed by atoms with van der Waals surface area (Å²) in [6, 6.07) is 23.5. The highest BCUT2D eigenvalue weighted by Crippen LogP contribution is 2.27. The minimum absolute atomic E-state index is 0.201. The van der Waals surface area contributed by atoms with Gasteiger partial charge in [0.25, 0.3) is 5.91 Å². The van der Waals surface area contributed by atoms with Crippen LogP contribution in [0.4, 0.5) is 0 Å². The molecule has 4 rings (SSSR count). The average Bonchev–Trinajstić information content (AvgIpc) is 2.65. The van der Waals surface area contributed by atoms with Gasteiger partial charge in [0.2, 0.25) is 0 Å². The summed E-state index contributed by atoms with van der Waals surface area (Å²) in [5, 5.41) is 3.17. The van der Waals surface area contributed by atoms with E-state index in [0.29, 0.717) is 17.9 Å². The molecular formula is C21H16N2O2. The molecule has 2 N–H and O–H groups in total. The maximum Gasteiger partial charge on any atom is 0.267 e. The number of aromatic nitrogens is 1. The quantitative estimate of drug-likeness (QED) is 0.614. The Balaban J connectivity index is 1.74. The number of nitrogens with zero attached hydrogens (tertiary/aromatic N) is 1. The van der Waals surface area contributed by atoms with Crippen LogP contribution in [0, 0.1) is 0 Å². The van der Waals surface area contributed by atoms with E-state index >= 15 is 0 Å². The first-order valence-corrected chi connectivity index (χ1v) is 8.01. The molecule has 0 aliphatic carbocycles. The molecule has 4 heteroatoms. The Labute approximate surface area is 144 Å². The maximum absolute atomic E-state index is 11.6. The van der Waals surface area contributed by atoms with Crippen LogP contribution in [-0.2, 0) is 6.61 Å². The predicted molar refractivity (Wildman–Crippen MR) is 98.5 cm³/mol. The summed E-state index contributed by atoms with van der Waals surface area (Å²) in [6.45, 7) is 0.396. The lowest BCUT2D eigenvalue weighted by Crippen LogP contribution is -2.13. The lowest BCUT2D eigenvalue weighted by molar-refractivity contribution is 0.0995. The van der Waals surface area contributed by atoms with Gasteiger partial charge in [-0.25, -0.2) is 4.98 Å². The molecule has 4 nitrogen and oxygen atoms in total. The van der Waals surface area contributed by atoms with Gasteiger partial charge in [-0.15, -0.1) is 0 Å². The molecule has 0 radical (unpaired) electrons. The summed E-state index contributed by atoms with van der Waals surface area (Å²) in [7, 11) is 0. The van der Waals surface area contributed by atoms with Crippen LogP contribution in [0.2, 0.25) is 0 Å². The van der Waals surface area contributed by atoms with Crippen LogP contribution in [0.15, 0.2) is 72.8 Å². The molecule has 0 atom stereocenters. The minimum atomic E-state index is -0.569. The monoisotopic (exact) mass is 328 g/mol. The maximum atomic E-state index is 11.6. The molecule has 0 aliphatic heterocycles. The van der Waals surface area contributed by atoms with Gasteiger partial charge in [0.1, 0.15) is 18.1 Å². The zero-order valence-corrected chi connectivity index (χ0v) is 13.5. The van der Waals surface area contributed by atoms with Crippen molar-refractivity contribution in [3.8, 4) is 5.75 Å². The number of carbonyl (C=O) groups excluding carboxylic acids is 1. The second kappa shape index (κ2) is 6.24. The molecule has 4 aromatic rings. The van der Waals surface area contributed by atoms with Gasteiger partial charge in [-0.05, 0) is 28.5 Å². The van der Waals surface area contributed by atoms with E-state index in [9.17, 15) is 4.79 Å². The number of rotatable bonds is 4. The molecule has 0 saturated heterocycles. The molecule has 3 aromatic carbocycles. The fraction of sp³-hybridized carbons (Fsp3) is 0.0476. The third-order valence-electron chi connectivity index (χ3n) is 4.19. The zero-order valence-electron chi connectivity index (χ0n) is 13.5. The van der Waals surface area contributed by atoms with Crippen molar-refractivity contribution >= 4 is 27.6 Å². The van der Waals surface area contributed by atoms with Crippen LogP contribution < -0.4 is 10.5 Å². The van der Waals surface area contributed by atoms with Gasteiger partial charge in [0, 0.05) is 11.5 Å². The molecule has 0 bridgehead atoms. The van der Waals surface area contributed by atoms with Gasteiger partial charge < -0.3 is 10.5 Å². The summed E-state index contributed by atoms with van der Waals surface area (Å²) in [4.78, 5) is 15.8. The topological polar surface area (TPSA) is 65.2 Å². The largest absolute Gasteiger partial charge is 0.488 e. The molecule has 1 heterocycles. The second-order valence-electron chi connectivity index (χ2n) is 5.81. The SMILES string of the molecule is NC(=O)c1cc(OCc2cccc3ccccc23)c2ccccc2n1. The smallest absolute Gasteiger partial charge is 0.267 e. The number of benzene rings is 3. The van der Waals surface area contributed by atoms with Crippen molar-refractivity contribution < 1.29 is 9.53 Å². The van der Waals surface area contributed by atoms with Crippen molar-refractivity contribution in [2.24, 2.45) is 5.73 Å². The summed E-state index contributed by atoms with van der Waals surface area (Å²) in [6.07, 6.45) is 0. The van der Waals surface area contributed by atoms with Gasteiger partial charge in [0.05, 0.1) is 5.52 Å². The van der Waals surface area contributed by atoms with Crippen molar-refractivity contribution in [1.29, 1.82) is 0 Å². The zero-order chi connectivity index (χ0) is 17.2.